The van der Waals surface area contributed by atoms with E-state index < -0.39 is 10.0 Å². The molecule has 0 unspecified atom stereocenters. The van der Waals surface area contributed by atoms with Crippen molar-refractivity contribution in [2.45, 2.75) is 30.1 Å². The summed E-state index contributed by atoms with van der Waals surface area (Å²) in [5, 5.41) is 2.95. The van der Waals surface area contributed by atoms with Crippen LogP contribution in [0.2, 0.25) is 0 Å². The first kappa shape index (κ1) is 21.5. The predicted molar refractivity (Wildman–Crippen MR) is 112 cm³/mol. The molecule has 1 amide bonds. The highest BCUT2D eigenvalue weighted by molar-refractivity contribution is 7.89. The minimum Gasteiger partial charge on any atom is -0.381 e. The summed E-state index contributed by atoms with van der Waals surface area (Å²) in [4.78, 5) is 12.7. The van der Waals surface area contributed by atoms with E-state index >= 15 is 0 Å². The Morgan fingerprint density at radius 2 is 1.69 bits per heavy atom. The number of sulfonamides is 1. The number of amides is 1. The average molecular weight is 417 g/mol. The van der Waals surface area contributed by atoms with E-state index in [0.717, 1.165) is 22.7 Å². The SMILES string of the molecule is Cc1ccc(S(=O)(=O)N(C)CC(=O)NCC2(c3ccccc3)CCOCC2)cc1. The Hall–Kier alpha value is -2.22. The zero-order valence-electron chi connectivity index (χ0n) is 16.9. The van der Waals surface area contributed by atoms with Crippen LogP contribution in [0, 0.1) is 6.92 Å². The number of benzene rings is 2. The van der Waals surface area contributed by atoms with Gasteiger partial charge in [-0.3, -0.25) is 4.79 Å². The highest BCUT2D eigenvalue weighted by atomic mass is 32.2. The maximum absolute atomic E-state index is 12.7. The number of nitrogens with zero attached hydrogens (tertiary/aromatic N) is 1. The first-order valence-corrected chi connectivity index (χ1v) is 11.2. The lowest BCUT2D eigenvalue weighted by atomic mass is 9.74. The van der Waals surface area contributed by atoms with Crippen LogP contribution in [-0.2, 0) is 25.0 Å². The molecule has 3 rings (SSSR count). The fourth-order valence-electron chi connectivity index (χ4n) is 3.62. The van der Waals surface area contributed by atoms with Crippen LogP contribution >= 0.6 is 0 Å². The van der Waals surface area contributed by atoms with Crippen LogP contribution < -0.4 is 5.32 Å². The Bertz CT molecular complexity index is 921. The van der Waals surface area contributed by atoms with Crippen molar-refractivity contribution in [1.29, 1.82) is 0 Å². The van der Waals surface area contributed by atoms with Gasteiger partial charge < -0.3 is 10.1 Å². The number of nitrogens with one attached hydrogen (secondary N) is 1. The van der Waals surface area contributed by atoms with Gasteiger partial charge in [0.1, 0.15) is 0 Å². The number of rotatable bonds is 7. The smallest absolute Gasteiger partial charge is 0.243 e. The second-order valence-electron chi connectivity index (χ2n) is 7.61. The molecule has 0 aliphatic carbocycles. The van der Waals surface area contributed by atoms with Gasteiger partial charge in [-0.05, 0) is 37.5 Å². The van der Waals surface area contributed by atoms with Gasteiger partial charge in [0.25, 0.3) is 0 Å². The predicted octanol–water partition coefficient (Wildman–Crippen LogP) is 2.48. The Balaban J connectivity index is 1.65. The lowest BCUT2D eigenvalue weighted by Gasteiger charge is -2.38. The molecule has 2 aromatic rings. The van der Waals surface area contributed by atoms with Gasteiger partial charge in [-0.2, -0.15) is 4.31 Å². The second-order valence-corrected chi connectivity index (χ2v) is 9.65. The number of ether oxygens (including phenoxy) is 1. The summed E-state index contributed by atoms with van der Waals surface area (Å²) in [6, 6.07) is 16.7. The van der Waals surface area contributed by atoms with E-state index in [4.69, 9.17) is 4.74 Å². The van der Waals surface area contributed by atoms with Crippen molar-refractivity contribution in [3.05, 3.63) is 65.7 Å². The summed E-state index contributed by atoms with van der Waals surface area (Å²) in [5.41, 5.74) is 1.96. The topological polar surface area (TPSA) is 75.7 Å². The Kier molecular flexibility index (Phi) is 6.72. The normalized spacial score (nSPS) is 16.5. The quantitative estimate of drug-likeness (QED) is 0.752. The van der Waals surface area contributed by atoms with Crippen LogP contribution in [0.1, 0.15) is 24.0 Å². The fourth-order valence-corrected chi connectivity index (χ4v) is 4.75. The van der Waals surface area contributed by atoms with Gasteiger partial charge in [0.15, 0.2) is 0 Å². The first-order chi connectivity index (χ1) is 13.8. The van der Waals surface area contributed by atoms with E-state index in [0.29, 0.717) is 19.8 Å². The molecule has 7 heteroatoms. The Morgan fingerprint density at radius 3 is 2.31 bits per heavy atom. The minimum absolute atomic E-state index is 0.184. The zero-order valence-corrected chi connectivity index (χ0v) is 17.7. The third-order valence-corrected chi connectivity index (χ3v) is 7.37. The Morgan fingerprint density at radius 1 is 1.07 bits per heavy atom. The largest absolute Gasteiger partial charge is 0.381 e. The molecular formula is C22H28N2O4S. The average Bonchev–Trinajstić information content (AvgIpc) is 2.74. The molecule has 1 fully saturated rings. The summed E-state index contributed by atoms with van der Waals surface area (Å²) in [6.07, 6.45) is 1.63. The van der Waals surface area contributed by atoms with E-state index in [9.17, 15) is 13.2 Å². The van der Waals surface area contributed by atoms with E-state index in [1.54, 1.807) is 24.3 Å². The summed E-state index contributed by atoms with van der Waals surface area (Å²) < 4.78 is 32.0. The monoisotopic (exact) mass is 416 g/mol. The van der Waals surface area contributed by atoms with E-state index in [1.165, 1.54) is 12.6 Å². The second kappa shape index (κ2) is 9.07. The van der Waals surface area contributed by atoms with Gasteiger partial charge in [-0.1, -0.05) is 48.0 Å². The molecule has 0 spiro atoms. The van der Waals surface area contributed by atoms with Crippen molar-refractivity contribution < 1.29 is 17.9 Å². The van der Waals surface area contributed by atoms with Crippen molar-refractivity contribution in [2.75, 3.05) is 33.4 Å². The molecule has 2 aromatic carbocycles. The van der Waals surface area contributed by atoms with Crippen LogP contribution in [0.3, 0.4) is 0 Å². The molecule has 0 aromatic heterocycles. The summed E-state index contributed by atoms with van der Waals surface area (Å²) in [7, 11) is -2.28. The van der Waals surface area contributed by atoms with Crippen LogP contribution in [0.25, 0.3) is 0 Å². The maximum atomic E-state index is 12.7. The van der Waals surface area contributed by atoms with Crippen LogP contribution in [-0.4, -0.2) is 52.0 Å². The third kappa shape index (κ3) is 5.04. The van der Waals surface area contributed by atoms with Crippen molar-refractivity contribution in [1.82, 2.24) is 9.62 Å². The lowest BCUT2D eigenvalue weighted by molar-refractivity contribution is -0.121. The van der Waals surface area contributed by atoms with Crippen LogP contribution in [0.5, 0.6) is 0 Å². The molecule has 1 N–H and O–H groups in total. The lowest BCUT2D eigenvalue weighted by Crippen LogP contribution is -2.47. The standard InChI is InChI=1S/C22H28N2O4S/c1-18-8-10-20(11-9-18)29(26,27)24(2)16-21(25)23-17-22(12-14-28-15-13-22)19-6-4-3-5-7-19/h3-11H,12-17H2,1-2H3,(H,23,25). The van der Waals surface area contributed by atoms with E-state index in [1.807, 2.05) is 25.1 Å². The molecular weight excluding hydrogens is 388 g/mol. The highest BCUT2D eigenvalue weighted by Crippen LogP contribution is 2.34. The molecule has 1 aliphatic heterocycles. The summed E-state index contributed by atoms with van der Waals surface area (Å²) in [6.45, 7) is 3.42. The minimum atomic E-state index is -3.71. The Labute approximate surface area is 172 Å². The first-order valence-electron chi connectivity index (χ1n) is 9.76. The number of aryl methyl sites for hydroxylation is 1. The molecule has 0 saturated carbocycles. The molecule has 29 heavy (non-hydrogen) atoms. The summed E-state index contributed by atoms with van der Waals surface area (Å²) in [5.74, 6) is -0.315. The number of hydrogen-bond donors (Lipinski definition) is 1. The molecule has 1 aliphatic rings. The highest BCUT2D eigenvalue weighted by Gasteiger charge is 2.35. The van der Waals surface area contributed by atoms with Crippen molar-refractivity contribution >= 4 is 15.9 Å². The van der Waals surface area contributed by atoms with Crippen molar-refractivity contribution in [3.8, 4) is 0 Å². The molecule has 156 valence electrons. The van der Waals surface area contributed by atoms with Gasteiger partial charge in [0, 0.05) is 32.2 Å². The molecule has 1 saturated heterocycles. The number of hydrogen-bond acceptors (Lipinski definition) is 4. The number of carbonyl (C=O) groups excluding carboxylic acids is 1. The van der Waals surface area contributed by atoms with E-state index in [-0.39, 0.29) is 22.8 Å². The van der Waals surface area contributed by atoms with Gasteiger partial charge in [0.2, 0.25) is 15.9 Å². The van der Waals surface area contributed by atoms with Gasteiger partial charge >= 0.3 is 0 Å². The van der Waals surface area contributed by atoms with Crippen LogP contribution in [0.15, 0.2) is 59.5 Å². The van der Waals surface area contributed by atoms with Gasteiger partial charge in [-0.15, -0.1) is 0 Å². The van der Waals surface area contributed by atoms with Crippen molar-refractivity contribution in [2.24, 2.45) is 0 Å². The van der Waals surface area contributed by atoms with Crippen molar-refractivity contribution in [3.63, 3.8) is 0 Å². The maximum Gasteiger partial charge on any atom is 0.243 e. The molecule has 0 radical (unpaired) electrons. The molecule has 6 nitrogen and oxygen atoms in total. The fraction of sp³-hybridized carbons (Fsp3) is 0.409. The third-order valence-electron chi connectivity index (χ3n) is 5.56. The van der Waals surface area contributed by atoms with Crippen LogP contribution in [0.4, 0.5) is 0 Å². The molecule has 0 bridgehead atoms. The summed E-state index contributed by atoms with van der Waals surface area (Å²) >= 11 is 0. The number of carbonyl (C=O) groups is 1. The zero-order chi connectivity index (χ0) is 20.9. The molecule has 1 heterocycles. The van der Waals surface area contributed by atoms with E-state index in [2.05, 4.69) is 17.4 Å². The van der Waals surface area contributed by atoms with Gasteiger partial charge in [-0.25, -0.2) is 8.42 Å². The van der Waals surface area contributed by atoms with Gasteiger partial charge in [0.05, 0.1) is 11.4 Å². The molecule has 0 atom stereocenters. The number of likely N-dealkylation sites (N-methyl/N-ethyl adjacent to an activating group) is 1.